The van der Waals surface area contributed by atoms with Crippen LogP contribution in [0.15, 0.2) is 18.2 Å². The molecule has 0 aromatic heterocycles. The summed E-state index contributed by atoms with van der Waals surface area (Å²) in [6.45, 7) is 6.42. The second kappa shape index (κ2) is 6.81. The molecular formula is C14H21F2NO. The predicted molar refractivity (Wildman–Crippen MR) is 68.2 cm³/mol. The number of ether oxygens (including phenoxy) is 1. The summed E-state index contributed by atoms with van der Waals surface area (Å²) in [5, 5.41) is 0. The lowest BCUT2D eigenvalue weighted by molar-refractivity contribution is 0.0425. The minimum Gasteiger partial charge on any atom is -0.377 e. The summed E-state index contributed by atoms with van der Waals surface area (Å²) in [7, 11) is 0. The molecule has 0 aliphatic heterocycles. The molecule has 1 rings (SSSR count). The van der Waals surface area contributed by atoms with Crippen LogP contribution in [0.3, 0.4) is 0 Å². The van der Waals surface area contributed by atoms with Crippen LogP contribution in [-0.2, 0) is 4.74 Å². The van der Waals surface area contributed by atoms with Gasteiger partial charge < -0.3 is 10.5 Å². The number of nitrogens with two attached hydrogens (primary N) is 1. The van der Waals surface area contributed by atoms with Gasteiger partial charge in [-0.3, -0.25) is 0 Å². The minimum absolute atomic E-state index is 0.0829. The van der Waals surface area contributed by atoms with Crippen LogP contribution in [0.5, 0.6) is 0 Å². The third-order valence-electron chi connectivity index (χ3n) is 2.73. The maximum Gasteiger partial charge on any atom is 0.130 e. The summed E-state index contributed by atoms with van der Waals surface area (Å²) >= 11 is 0. The highest BCUT2D eigenvalue weighted by Gasteiger charge is 2.14. The van der Waals surface area contributed by atoms with Crippen LogP contribution >= 0.6 is 0 Å². The van der Waals surface area contributed by atoms with Crippen LogP contribution in [0.4, 0.5) is 8.78 Å². The van der Waals surface area contributed by atoms with Crippen LogP contribution in [0.25, 0.3) is 0 Å². The quantitative estimate of drug-likeness (QED) is 0.847. The average molecular weight is 257 g/mol. The van der Waals surface area contributed by atoms with Crippen molar-refractivity contribution in [3.05, 3.63) is 35.4 Å². The van der Waals surface area contributed by atoms with E-state index in [0.717, 1.165) is 12.5 Å². The second-order valence-corrected chi connectivity index (χ2v) is 5.05. The molecule has 2 nitrogen and oxygen atoms in total. The molecule has 4 heteroatoms. The van der Waals surface area contributed by atoms with Gasteiger partial charge in [0, 0.05) is 11.6 Å². The van der Waals surface area contributed by atoms with Gasteiger partial charge in [-0.1, -0.05) is 19.9 Å². The normalized spacial score (nSPS) is 14.8. The number of hydrogen-bond acceptors (Lipinski definition) is 2. The molecular weight excluding hydrogens is 236 g/mol. The van der Waals surface area contributed by atoms with Crippen molar-refractivity contribution in [3.8, 4) is 0 Å². The molecule has 0 aliphatic carbocycles. The molecule has 0 fully saturated rings. The molecule has 1 aromatic rings. The van der Waals surface area contributed by atoms with Gasteiger partial charge in [0.25, 0.3) is 0 Å². The molecule has 2 atom stereocenters. The maximum atomic E-state index is 13.5. The predicted octanol–water partition coefficient (Wildman–Crippen LogP) is 3.42. The number of halogens is 2. The molecule has 2 N–H and O–H groups in total. The topological polar surface area (TPSA) is 35.2 Å². The van der Waals surface area contributed by atoms with Crippen molar-refractivity contribution in [2.45, 2.75) is 39.3 Å². The third kappa shape index (κ3) is 4.70. The minimum atomic E-state index is -0.623. The van der Waals surface area contributed by atoms with E-state index in [9.17, 15) is 8.78 Å². The van der Waals surface area contributed by atoms with Gasteiger partial charge in [-0.15, -0.1) is 0 Å². The molecule has 2 unspecified atom stereocenters. The number of hydrogen-bond donors (Lipinski definition) is 1. The monoisotopic (exact) mass is 257 g/mol. The summed E-state index contributed by atoms with van der Waals surface area (Å²) in [6.07, 6.45) is 1.01. The Kier molecular flexibility index (Phi) is 5.69. The Labute approximate surface area is 107 Å². The summed E-state index contributed by atoms with van der Waals surface area (Å²) in [6, 6.07) is 2.84. The Hall–Kier alpha value is -1.00. The lowest BCUT2D eigenvalue weighted by Crippen LogP contribution is -2.22. The highest BCUT2D eigenvalue weighted by Crippen LogP contribution is 2.18. The van der Waals surface area contributed by atoms with E-state index < -0.39 is 17.7 Å². The summed E-state index contributed by atoms with van der Waals surface area (Å²) in [5.74, 6) is -0.682. The molecule has 0 amide bonds. The maximum absolute atomic E-state index is 13.5. The highest BCUT2D eigenvalue weighted by atomic mass is 19.1. The van der Waals surface area contributed by atoms with Crippen LogP contribution in [0.1, 0.15) is 38.8 Å². The standard InChI is InChI=1S/C14H21F2NO/c1-9(2)6-10(3)18-8-14(17)12-5-4-11(15)7-13(12)16/h4-5,7,9-10,14H,6,8,17H2,1-3H3. The molecule has 0 aliphatic rings. The van der Waals surface area contributed by atoms with E-state index >= 15 is 0 Å². The van der Waals surface area contributed by atoms with Crippen LogP contribution < -0.4 is 5.73 Å². The SMILES string of the molecule is CC(C)CC(C)OCC(N)c1ccc(F)cc1F. The van der Waals surface area contributed by atoms with Gasteiger partial charge in [0.05, 0.1) is 18.8 Å². The zero-order chi connectivity index (χ0) is 13.7. The molecule has 0 spiro atoms. The first-order valence-corrected chi connectivity index (χ1v) is 6.22. The zero-order valence-electron chi connectivity index (χ0n) is 11.1. The zero-order valence-corrected chi connectivity index (χ0v) is 11.1. The van der Waals surface area contributed by atoms with Crippen molar-refractivity contribution in [2.24, 2.45) is 11.7 Å². The van der Waals surface area contributed by atoms with Crippen molar-refractivity contribution < 1.29 is 13.5 Å². The third-order valence-corrected chi connectivity index (χ3v) is 2.73. The van der Waals surface area contributed by atoms with Gasteiger partial charge in [-0.2, -0.15) is 0 Å². The van der Waals surface area contributed by atoms with Crippen LogP contribution in [-0.4, -0.2) is 12.7 Å². The lowest BCUT2D eigenvalue weighted by Gasteiger charge is -2.19. The highest BCUT2D eigenvalue weighted by molar-refractivity contribution is 5.21. The van der Waals surface area contributed by atoms with Crippen molar-refractivity contribution >= 4 is 0 Å². The first-order valence-electron chi connectivity index (χ1n) is 6.22. The molecule has 102 valence electrons. The van der Waals surface area contributed by atoms with Crippen molar-refractivity contribution in [2.75, 3.05) is 6.61 Å². The summed E-state index contributed by atoms with van der Waals surface area (Å²) in [4.78, 5) is 0. The van der Waals surface area contributed by atoms with Crippen molar-refractivity contribution in [3.63, 3.8) is 0 Å². The van der Waals surface area contributed by atoms with Crippen LogP contribution in [0.2, 0.25) is 0 Å². The summed E-state index contributed by atoms with van der Waals surface area (Å²) in [5.41, 5.74) is 6.12. The molecule has 0 heterocycles. The van der Waals surface area contributed by atoms with Gasteiger partial charge in [0.15, 0.2) is 0 Å². The Morgan fingerprint density at radius 2 is 1.89 bits per heavy atom. The smallest absolute Gasteiger partial charge is 0.130 e. The Bertz CT molecular complexity index is 382. The van der Waals surface area contributed by atoms with Gasteiger partial charge in [-0.25, -0.2) is 8.78 Å². The fraction of sp³-hybridized carbons (Fsp3) is 0.571. The van der Waals surface area contributed by atoms with Gasteiger partial charge >= 0.3 is 0 Å². The molecule has 18 heavy (non-hydrogen) atoms. The summed E-state index contributed by atoms with van der Waals surface area (Å²) < 4.78 is 31.8. The number of benzene rings is 1. The fourth-order valence-corrected chi connectivity index (χ4v) is 1.89. The molecule has 0 saturated carbocycles. The number of rotatable bonds is 6. The molecule has 0 radical (unpaired) electrons. The Morgan fingerprint density at radius 3 is 2.44 bits per heavy atom. The Balaban J connectivity index is 2.52. The first kappa shape index (κ1) is 15.1. The first-order chi connectivity index (χ1) is 8.40. The van der Waals surface area contributed by atoms with Crippen molar-refractivity contribution in [1.29, 1.82) is 0 Å². The van der Waals surface area contributed by atoms with E-state index in [4.69, 9.17) is 10.5 Å². The van der Waals surface area contributed by atoms with E-state index in [1.165, 1.54) is 12.1 Å². The Morgan fingerprint density at radius 1 is 1.22 bits per heavy atom. The van der Waals surface area contributed by atoms with Gasteiger partial charge in [-0.05, 0) is 25.3 Å². The van der Waals surface area contributed by atoms with E-state index in [2.05, 4.69) is 13.8 Å². The molecule has 1 aromatic carbocycles. The lowest BCUT2D eigenvalue weighted by atomic mass is 10.1. The van der Waals surface area contributed by atoms with Gasteiger partial charge in [0.2, 0.25) is 0 Å². The van der Waals surface area contributed by atoms with E-state index in [1.807, 2.05) is 6.92 Å². The molecule has 0 bridgehead atoms. The molecule has 0 saturated heterocycles. The second-order valence-electron chi connectivity index (χ2n) is 5.05. The van der Waals surface area contributed by atoms with Gasteiger partial charge in [0.1, 0.15) is 11.6 Å². The van der Waals surface area contributed by atoms with E-state index in [0.29, 0.717) is 5.92 Å². The largest absolute Gasteiger partial charge is 0.377 e. The van der Waals surface area contributed by atoms with Crippen molar-refractivity contribution in [1.82, 2.24) is 0 Å². The van der Waals surface area contributed by atoms with Crippen LogP contribution in [0, 0.1) is 17.6 Å². The fourth-order valence-electron chi connectivity index (χ4n) is 1.89. The average Bonchev–Trinajstić information content (AvgIpc) is 2.25. The van der Waals surface area contributed by atoms with E-state index in [-0.39, 0.29) is 18.3 Å². The van der Waals surface area contributed by atoms with E-state index in [1.54, 1.807) is 0 Å².